The number of piperazine rings is 1. The summed E-state index contributed by atoms with van der Waals surface area (Å²) in [5, 5.41) is 3.55. The van der Waals surface area contributed by atoms with Gasteiger partial charge in [0.1, 0.15) is 0 Å². The van der Waals surface area contributed by atoms with E-state index < -0.39 is 0 Å². The van der Waals surface area contributed by atoms with Gasteiger partial charge in [0.15, 0.2) is 5.96 Å². The summed E-state index contributed by atoms with van der Waals surface area (Å²) in [5.74, 6) is 4.46. The lowest BCUT2D eigenvalue weighted by atomic mass is 9.95. The Morgan fingerprint density at radius 1 is 1.07 bits per heavy atom. The van der Waals surface area contributed by atoms with E-state index in [1.807, 2.05) is 18.5 Å². The van der Waals surface area contributed by atoms with E-state index in [0.717, 1.165) is 51.2 Å². The van der Waals surface area contributed by atoms with Crippen LogP contribution in [0, 0.1) is 0 Å². The minimum Gasteiger partial charge on any atom is -0.357 e. The Morgan fingerprint density at radius 3 is 2.37 bits per heavy atom. The Balaban J connectivity index is 0.00000256. The molecular weight excluding hydrogens is 509 g/mol. The summed E-state index contributed by atoms with van der Waals surface area (Å²) in [6.07, 6.45) is 8.96. The molecule has 2 saturated heterocycles. The lowest BCUT2D eigenvalue weighted by Gasteiger charge is -2.43. The number of hydrogen-bond donors (Lipinski definition) is 1. The molecule has 0 aromatic carbocycles. The number of thioether (sulfide) groups is 1. The van der Waals surface area contributed by atoms with Crippen molar-refractivity contribution < 1.29 is 0 Å². The van der Waals surface area contributed by atoms with Gasteiger partial charge >= 0.3 is 0 Å². The van der Waals surface area contributed by atoms with Crippen molar-refractivity contribution in [1.29, 1.82) is 0 Å². The number of rotatable bonds is 5. The van der Waals surface area contributed by atoms with Gasteiger partial charge in [0.25, 0.3) is 0 Å². The highest BCUT2D eigenvalue weighted by molar-refractivity contribution is 14.0. The van der Waals surface area contributed by atoms with Gasteiger partial charge in [0, 0.05) is 75.3 Å². The summed E-state index contributed by atoms with van der Waals surface area (Å²) in [6, 6.07) is 1.87. The molecule has 3 fully saturated rings. The summed E-state index contributed by atoms with van der Waals surface area (Å²) < 4.78 is 0. The maximum absolute atomic E-state index is 5.20. The molecule has 1 aromatic heterocycles. The molecule has 4 rings (SSSR count). The number of aliphatic imine (C=N–C) groups is 1. The molecule has 30 heavy (non-hydrogen) atoms. The summed E-state index contributed by atoms with van der Waals surface area (Å²) in [5.41, 5.74) is 0.293. The Hall–Kier alpha value is -0.810. The van der Waals surface area contributed by atoms with Crippen LogP contribution in [0.25, 0.3) is 0 Å². The highest BCUT2D eigenvalue weighted by Gasteiger charge is 2.40. The topological polar surface area (TPSA) is 59.9 Å². The molecule has 1 aliphatic carbocycles. The molecule has 9 heteroatoms. The van der Waals surface area contributed by atoms with Crippen molar-refractivity contribution in [2.75, 3.05) is 68.8 Å². The summed E-state index contributed by atoms with van der Waals surface area (Å²) in [6.45, 7) is 10.2. The minimum absolute atomic E-state index is 0. The first-order chi connectivity index (χ1) is 14.3. The van der Waals surface area contributed by atoms with Gasteiger partial charge in [-0.2, -0.15) is 11.8 Å². The van der Waals surface area contributed by atoms with Crippen molar-refractivity contribution >= 4 is 47.6 Å². The Bertz CT molecular complexity index is 655. The van der Waals surface area contributed by atoms with Gasteiger partial charge in [-0.05, 0) is 25.8 Å². The predicted octanol–water partition coefficient (Wildman–Crippen LogP) is 2.54. The van der Waals surface area contributed by atoms with Crippen molar-refractivity contribution in [3.05, 3.63) is 18.5 Å². The van der Waals surface area contributed by atoms with Crippen LogP contribution in [0.4, 0.5) is 5.95 Å². The molecule has 0 bridgehead atoms. The monoisotopic (exact) mass is 545 g/mol. The smallest absolute Gasteiger partial charge is 0.225 e. The lowest BCUT2D eigenvalue weighted by molar-refractivity contribution is 0.112. The predicted molar refractivity (Wildman–Crippen MR) is 137 cm³/mol. The van der Waals surface area contributed by atoms with Gasteiger partial charge in [-0.1, -0.05) is 12.8 Å². The van der Waals surface area contributed by atoms with Gasteiger partial charge in [0.2, 0.25) is 5.95 Å². The van der Waals surface area contributed by atoms with Crippen molar-refractivity contribution in [3.63, 3.8) is 0 Å². The molecule has 2 aliphatic heterocycles. The van der Waals surface area contributed by atoms with Gasteiger partial charge < -0.3 is 15.1 Å². The zero-order chi connectivity index (χ0) is 19.9. The van der Waals surface area contributed by atoms with Crippen LogP contribution in [0.2, 0.25) is 0 Å². The number of aromatic nitrogens is 2. The molecule has 3 heterocycles. The van der Waals surface area contributed by atoms with E-state index in [-0.39, 0.29) is 24.0 Å². The first-order valence-electron chi connectivity index (χ1n) is 11.2. The fourth-order valence-electron chi connectivity index (χ4n) is 4.87. The summed E-state index contributed by atoms with van der Waals surface area (Å²) >= 11 is 2.10. The number of halogens is 1. The van der Waals surface area contributed by atoms with Crippen LogP contribution < -0.4 is 10.2 Å². The molecular formula is C21H36IN7S. The molecule has 0 amide bonds. The third-order valence-corrected chi connectivity index (χ3v) is 7.43. The van der Waals surface area contributed by atoms with E-state index in [4.69, 9.17) is 4.99 Å². The fraction of sp³-hybridized carbons (Fsp3) is 0.762. The van der Waals surface area contributed by atoms with Crippen molar-refractivity contribution in [3.8, 4) is 0 Å². The molecule has 0 radical (unpaired) electrons. The van der Waals surface area contributed by atoms with Crippen LogP contribution in [-0.2, 0) is 0 Å². The quantitative estimate of drug-likeness (QED) is 0.347. The van der Waals surface area contributed by atoms with Crippen LogP contribution in [0.3, 0.4) is 0 Å². The average molecular weight is 546 g/mol. The second-order valence-electron chi connectivity index (χ2n) is 8.22. The molecule has 0 unspecified atom stereocenters. The Kier molecular flexibility index (Phi) is 9.31. The molecule has 3 aliphatic rings. The van der Waals surface area contributed by atoms with E-state index in [9.17, 15) is 0 Å². The molecule has 0 atom stereocenters. The standard InChI is InChI=1S/C21H35N7S.HI/c1-2-22-19(26-10-12-27(13-11-26)20-23-8-5-9-24-20)25-18-21(6-3-4-7-21)28-14-16-29-17-15-28;/h5,8-9H,2-4,6-7,10-18H2,1H3,(H,22,25);1H. The molecule has 168 valence electrons. The molecule has 7 nitrogen and oxygen atoms in total. The Morgan fingerprint density at radius 2 is 1.73 bits per heavy atom. The van der Waals surface area contributed by atoms with Crippen molar-refractivity contribution in [2.24, 2.45) is 4.99 Å². The third-order valence-electron chi connectivity index (χ3n) is 6.49. The van der Waals surface area contributed by atoms with E-state index in [0.29, 0.717) is 5.54 Å². The van der Waals surface area contributed by atoms with Crippen molar-refractivity contribution in [1.82, 2.24) is 25.1 Å². The fourth-order valence-corrected chi connectivity index (χ4v) is 5.77. The first-order valence-corrected chi connectivity index (χ1v) is 12.3. The Labute approximate surface area is 202 Å². The number of nitrogens with one attached hydrogen (secondary N) is 1. The number of hydrogen-bond acceptors (Lipinski definition) is 6. The first kappa shape index (κ1) is 23.8. The van der Waals surface area contributed by atoms with Crippen LogP contribution in [0.1, 0.15) is 32.6 Å². The maximum atomic E-state index is 5.20. The van der Waals surface area contributed by atoms with Crippen LogP contribution >= 0.6 is 35.7 Å². The second-order valence-corrected chi connectivity index (χ2v) is 9.45. The van der Waals surface area contributed by atoms with E-state index in [1.54, 1.807) is 0 Å². The highest BCUT2D eigenvalue weighted by Crippen LogP contribution is 2.37. The molecule has 1 aromatic rings. The largest absolute Gasteiger partial charge is 0.357 e. The van der Waals surface area contributed by atoms with Gasteiger partial charge in [0.05, 0.1) is 6.54 Å². The van der Waals surface area contributed by atoms with Gasteiger partial charge in [-0.3, -0.25) is 9.89 Å². The van der Waals surface area contributed by atoms with E-state index >= 15 is 0 Å². The molecule has 0 spiro atoms. The van der Waals surface area contributed by atoms with Crippen LogP contribution in [0.15, 0.2) is 23.5 Å². The molecule has 1 N–H and O–H groups in total. The number of anilines is 1. The zero-order valence-corrected chi connectivity index (χ0v) is 21.3. The average Bonchev–Trinajstić information content (AvgIpc) is 3.28. The maximum Gasteiger partial charge on any atom is 0.225 e. The van der Waals surface area contributed by atoms with Crippen LogP contribution in [-0.4, -0.2) is 95.1 Å². The lowest BCUT2D eigenvalue weighted by Crippen LogP contribution is -2.55. The highest BCUT2D eigenvalue weighted by atomic mass is 127. The summed E-state index contributed by atoms with van der Waals surface area (Å²) in [7, 11) is 0. The zero-order valence-electron chi connectivity index (χ0n) is 18.1. The van der Waals surface area contributed by atoms with Gasteiger partial charge in [-0.25, -0.2) is 9.97 Å². The van der Waals surface area contributed by atoms with Gasteiger partial charge in [-0.15, -0.1) is 24.0 Å². The van der Waals surface area contributed by atoms with E-state index in [1.165, 1.54) is 50.3 Å². The number of nitrogens with zero attached hydrogens (tertiary/aromatic N) is 6. The number of guanidine groups is 1. The van der Waals surface area contributed by atoms with Crippen molar-refractivity contribution in [2.45, 2.75) is 38.1 Å². The SMILES string of the molecule is CCNC(=NCC1(N2CCSCC2)CCCC1)N1CCN(c2ncccn2)CC1.I. The second kappa shape index (κ2) is 11.7. The third kappa shape index (κ3) is 5.70. The normalized spacial score (nSPS) is 22.6. The van der Waals surface area contributed by atoms with E-state index in [2.05, 4.69) is 48.7 Å². The van der Waals surface area contributed by atoms with Crippen LogP contribution in [0.5, 0.6) is 0 Å². The molecule has 1 saturated carbocycles. The summed E-state index contributed by atoms with van der Waals surface area (Å²) in [4.78, 5) is 21.4. The minimum atomic E-state index is 0.